The van der Waals surface area contributed by atoms with Crippen LogP contribution in [0.25, 0.3) is 0 Å². The van der Waals surface area contributed by atoms with E-state index in [1.165, 1.54) is 12.1 Å². The zero-order chi connectivity index (χ0) is 18.9. The predicted octanol–water partition coefficient (Wildman–Crippen LogP) is 2.22. The molecule has 2 aromatic carbocycles. The number of amides is 1. The van der Waals surface area contributed by atoms with E-state index in [0.717, 1.165) is 29.7 Å². The highest BCUT2D eigenvalue weighted by Gasteiger charge is 2.29. The standard InChI is InChI=1S/C19H23N3O3S/c1-13-8-10-15(11-9-13)26(24,25)21-14(2)19(23)22-12-4-5-16-17(20)6-3-7-18(16)22/h3,6-11,14,21H,4-5,12,20H2,1-2H3. The monoisotopic (exact) mass is 373 g/mol. The fraction of sp³-hybridized carbons (Fsp3) is 0.316. The van der Waals surface area contributed by atoms with Crippen molar-refractivity contribution in [1.82, 2.24) is 4.72 Å². The zero-order valence-electron chi connectivity index (χ0n) is 14.9. The number of rotatable bonds is 4. The third-order valence-electron chi connectivity index (χ3n) is 4.59. The highest BCUT2D eigenvalue weighted by Crippen LogP contribution is 2.31. The first-order valence-electron chi connectivity index (χ1n) is 8.57. The highest BCUT2D eigenvalue weighted by molar-refractivity contribution is 7.89. The van der Waals surface area contributed by atoms with Crippen molar-refractivity contribution in [2.45, 2.75) is 37.6 Å². The summed E-state index contributed by atoms with van der Waals surface area (Å²) in [6.07, 6.45) is 1.61. The molecular formula is C19H23N3O3S. The average Bonchev–Trinajstić information content (AvgIpc) is 2.61. The van der Waals surface area contributed by atoms with E-state index in [0.29, 0.717) is 12.2 Å². The van der Waals surface area contributed by atoms with Crippen LogP contribution >= 0.6 is 0 Å². The number of aryl methyl sites for hydroxylation is 1. The molecule has 0 fully saturated rings. The number of carbonyl (C=O) groups excluding carboxylic acids is 1. The van der Waals surface area contributed by atoms with Crippen LogP contribution in [0, 0.1) is 6.92 Å². The number of fused-ring (bicyclic) bond motifs is 1. The Hall–Kier alpha value is -2.38. The molecule has 0 aliphatic carbocycles. The van der Waals surface area contributed by atoms with E-state index in [4.69, 9.17) is 5.73 Å². The maximum atomic E-state index is 12.9. The summed E-state index contributed by atoms with van der Waals surface area (Å²) in [5.74, 6) is -0.285. The van der Waals surface area contributed by atoms with Crippen molar-refractivity contribution in [1.29, 1.82) is 0 Å². The lowest BCUT2D eigenvalue weighted by atomic mass is 9.99. The molecular weight excluding hydrogens is 350 g/mol. The highest BCUT2D eigenvalue weighted by atomic mass is 32.2. The Labute approximate surface area is 154 Å². The molecule has 0 aromatic heterocycles. The molecule has 7 heteroatoms. The van der Waals surface area contributed by atoms with Crippen LogP contribution in [-0.4, -0.2) is 26.9 Å². The quantitative estimate of drug-likeness (QED) is 0.804. The van der Waals surface area contributed by atoms with Crippen molar-refractivity contribution >= 4 is 27.3 Å². The summed E-state index contributed by atoms with van der Waals surface area (Å²) in [5, 5.41) is 0. The molecule has 3 N–H and O–H groups in total. The lowest BCUT2D eigenvalue weighted by Crippen LogP contribution is -2.48. The molecule has 138 valence electrons. The molecule has 1 unspecified atom stereocenters. The van der Waals surface area contributed by atoms with Gasteiger partial charge in [-0.1, -0.05) is 23.8 Å². The van der Waals surface area contributed by atoms with E-state index >= 15 is 0 Å². The van der Waals surface area contributed by atoms with E-state index in [9.17, 15) is 13.2 Å². The molecule has 2 aromatic rings. The van der Waals surface area contributed by atoms with Crippen LogP contribution in [0.4, 0.5) is 11.4 Å². The first-order chi connectivity index (χ1) is 12.3. The van der Waals surface area contributed by atoms with Crippen LogP contribution in [0.1, 0.15) is 24.5 Å². The van der Waals surface area contributed by atoms with E-state index < -0.39 is 16.1 Å². The molecule has 26 heavy (non-hydrogen) atoms. The zero-order valence-corrected chi connectivity index (χ0v) is 15.7. The molecule has 3 rings (SSSR count). The first-order valence-corrected chi connectivity index (χ1v) is 10.1. The van der Waals surface area contributed by atoms with Gasteiger partial charge in [-0.25, -0.2) is 8.42 Å². The van der Waals surface area contributed by atoms with Gasteiger partial charge in [0.25, 0.3) is 0 Å². The van der Waals surface area contributed by atoms with E-state index in [1.54, 1.807) is 30.0 Å². The number of sulfonamides is 1. The molecule has 0 saturated heterocycles. The lowest BCUT2D eigenvalue weighted by Gasteiger charge is -2.32. The molecule has 1 amide bonds. The minimum absolute atomic E-state index is 0.144. The van der Waals surface area contributed by atoms with Crippen LogP contribution in [-0.2, 0) is 21.2 Å². The van der Waals surface area contributed by atoms with Gasteiger partial charge >= 0.3 is 0 Å². The Bertz CT molecular complexity index is 924. The molecule has 0 spiro atoms. The molecule has 1 aliphatic rings. The topological polar surface area (TPSA) is 92.5 Å². The third kappa shape index (κ3) is 3.59. The van der Waals surface area contributed by atoms with Gasteiger partial charge in [-0.05, 0) is 56.5 Å². The van der Waals surface area contributed by atoms with E-state index in [2.05, 4.69) is 4.72 Å². The summed E-state index contributed by atoms with van der Waals surface area (Å²) < 4.78 is 27.6. The number of anilines is 2. The summed E-state index contributed by atoms with van der Waals surface area (Å²) in [6, 6.07) is 11.1. The van der Waals surface area contributed by atoms with Crippen molar-refractivity contribution in [2.24, 2.45) is 0 Å². The molecule has 6 nitrogen and oxygen atoms in total. The molecule has 0 saturated carbocycles. The van der Waals surface area contributed by atoms with Crippen LogP contribution in [0.2, 0.25) is 0 Å². The van der Waals surface area contributed by atoms with Gasteiger partial charge in [-0.3, -0.25) is 4.79 Å². The van der Waals surface area contributed by atoms with Crippen LogP contribution in [0.15, 0.2) is 47.4 Å². The fourth-order valence-electron chi connectivity index (χ4n) is 3.18. The summed E-state index contributed by atoms with van der Waals surface area (Å²) in [6.45, 7) is 4.00. The fourth-order valence-corrected chi connectivity index (χ4v) is 4.38. The smallest absolute Gasteiger partial charge is 0.244 e. The van der Waals surface area contributed by atoms with Gasteiger partial charge in [0, 0.05) is 17.9 Å². The molecule has 0 bridgehead atoms. The lowest BCUT2D eigenvalue weighted by molar-refractivity contribution is -0.119. The molecule has 0 radical (unpaired) electrons. The Kier molecular flexibility index (Phi) is 5.02. The maximum absolute atomic E-state index is 12.9. The molecule has 1 aliphatic heterocycles. The van der Waals surface area contributed by atoms with Crippen molar-refractivity contribution < 1.29 is 13.2 Å². The van der Waals surface area contributed by atoms with Gasteiger partial charge in [0.2, 0.25) is 15.9 Å². The Morgan fingerprint density at radius 1 is 1.19 bits per heavy atom. The normalized spacial score (nSPS) is 15.4. The summed E-state index contributed by atoms with van der Waals surface area (Å²) >= 11 is 0. The summed E-state index contributed by atoms with van der Waals surface area (Å²) in [5.41, 5.74) is 9.36. The predicted molar refractivity (Wildman–Crippen MR) is 102 cm³/mol. The van der Waals surface area contributed by atoms with Gasteiger partial charge in [-0.2, -0.15) is 4.72 Å². The van der Waals surface area contributed by atoms with Crippen LogP contribution in [0.5, 0.6) is 0 Å². The number of carbonyl (C=O) groups is 1. The minimum Gasteiger partial charge on any atom is -0.398 e. The van der Waals surface area contributed by atoms with Crippen molar-refractivity contribution in [3.05, 3.63) is 53.6 Å². The van der Waals surface area contributed by atoms with E-state index in [1.807, 2.05) is 19.1 Å². The summed E-state index contributed by atoms with van der Waals surface area (Å²) in [4.78, 5) is 14.7. The molecule has 1 atom stereocenters. The van der Waals surface area contributed by atoms with Crippen molar-refractivity contribution in [3.63, 3.8) is 0 Å². The van der Waals surface area contributed by atoms with Gasteiger partial charge in [0.05, 0.1) is 10.9 Å². The third-order valence-corrected chi connectivity index (χ3v) is 6.14. The SMILES string of the molecule is Cc1ccc(S(=O)(=O)NC(C)C(=O)N2CCCc3c(N)cccc32)cc1. The number of hydrogen-bond donors (Lipinski definition) is 2. The Balaban J connectivity index is 1.81. The van der Waals surface area contributed by atoms with Crippen LogP contribution < -0.4 is 15.4 Å². The Morgan fingerprint density at radius 3 is 2.58 bits per heavy atom. The number of nitrogens with two attached hydrogens (primary N) is 1. The van der Waals surface area contributed by atoms with E-state index in [-0.39, 0.29) is 10.8 Å². The van der Waals surface area contributed by atoms with Crippen LogP contribution in [0.3, 0.4) is 0 Å². The number of hydrogen-bond acceptors (Lipinski definition) is 4. The average molecular weight is 373 g/mol. The largest absolute Gasteiger partial charge is 0.398 e. The number of nitrogens with one attached hydrogen (secondary N) is 1. The maximum Gasteiger partial charge on any atom is 0.244 e. The number of nitrogens with zero attached hydrogens (tertiary/aromatic N) is 1. The van der Waals surface area contributed by atoms with Crippen molar-refractivity contribution in [2.75, 3.05) is 17.2 Å². The van der Waals surface area contributed by atoms with Crippen molar-refractivity contribution in [3.8, 4) is 0 Å². The van der Waals surface area contributed by atoms with Gasteiger partial charge in [0.1, 0.15) is 0 Å². The second-order valence-corrected chi connectivity index (χ2v) is 8.31. The second kappa shape index (κ2) is 7.09. The Morgan fingerprint density at radius 2 is 1.88 bits per heavy atom. The van der Waals surface area contributed by atoms with Gasteiger partial charge in [0.15, 0.2) is 0 Å². The summed E-state index contributed by atoms with van der Waals surface area (Å²) in [7, 11) is -3.77. The van der Waals surface area contributed by atoms with Gasteiger partial charge in [-0.15, -0.1) is 0 Å². The van der Waals surface area contributed by atoms with Gasteiger partial charge < -0.3 is 10.6 Å². The minimum atomic E-state index is -3.77. The first kappa shape index (κ1) is 18.4. The number of nitrogen functional groups attached to an aromatic ring is 1. The number of benzene rings is 2. The molecule has 1 heterocycles. The second-order valence-electron chi connectivity index (χ2n) is 6.59.